The van der Waals surface area contributed by atoms with Crippen LogP contribution in [0.15, 0.2) is 18.2 Å². The van der Waals surface area contributed by atoms with E-state index in [2.05, 4.69) is 0 Å². The number of nitrogens with zero attached hydrogens (tertiary/aromatic N) is 2. The molecule has 152 valence electrons. The van der Waals surface area contributed by atoms with Gasteiger partial charge in [0.25, 0.3) is 11.8 Å². The minimum atomic E-state index is -0.876. The van der Waals surface area contributed by atoms with Gasteiger partial charge in [0.2, 0.25) is 0 Å². The molecule has 2 saturated heterocycles. The van der Waals surface area contributed by atoms with Crippen molar-refractivity contribution in [1.29, 1.82) is 0 Å². The molecule has 3 rings (SSSR count). The van der Waals surface area contributed by atoms with Crippen molar-refractivity contribution in [2.24, 2.45) is 0 Å². The van der Waals surface area contributed by atoms with Crippen LogP contribution in [-0.4, -0.2) is 60.6 Å². The molecule has 2 fully saturated rings. The number of morpholine rings is 1. The highest BCUT2D eigenvalue weighted by Crippen LogP contribution is 2.25. The van der Waals surface area contributed by atoms with Crippen molar-refractivity contribution in [3.8, 4) is 0 Å². The van der Waals surface area contributed by atoms with Crippen LogP contribution in [0, 0.1) is 6.92 Å². The van der Waals surface area contributed by atoms with Crippen molar-refractivity contribution >= 4 is 23.5 Å². The molecule has 0 aliphatic carbocycles. The Morgan fingerprint density at radius 1 is 1.18 bits per heavy atom. The quantitative estimate of drug-likeness (QED) is 0.740. The summed E-state index contributed by atoms with van der Waals surface area (Å²) in [6, 6.07) is 5.47. The third-order valence-corrected chi connectivity index (χ3v) is 4.71. The van der Waals surface area contributed by atoms with Crippen molar-refractivity contribution < 1.29 is 23.9 Å². The molecule has 0 bridgehead atoms. The summed E-state index contributed by atoms with van der Waals surface area (Å²) in [7, 11) is 0. The third kappa shape index (κ3) is 4.70. The lowest BCUT2D eigenvalue weighted by atomic mass is 10.1. The largest absolute Gasteiger partial charge is 0.460 e. The van der Waals surface area contributed by atoms with E-state index >= 15 is 0 Å². The summed E-state index contributed by atoms with van der Waals surface area (Å²) in [4.78, 5) is 41.0. The maximum atomic E-state index is 12.9. The standard InChI is InChI=1S/C21H28N2O5/c1-14-10-15(19(25)22-6-5-7-22)12-16(11-14)23-8-9-27-17(20(23)26)13-18(24)28-21(2,3)4/h10-12,17H,5-9,13H2,1-4H3/t17-/m1/s1. The van der Waals surface area contributed by atoms with E-state index in [9.17, 15) is 14.4 Å². The molecule has 28 heavy (non-hydrogen) atoms. The van der Waals surface area contributed by atoms with Crippen LogP contribution < -0.4 is 4.90 Å². The molecule has 2 aliphatic rings. The summed E-state index contributed by atoms with van der Waals surface area (Å²) in [5.74, 6) is -0.766. The fraction of sp³-hybridized carbons (Fsp3) is 0.571. The Morgan fingerprint density at radius 2 is 1.89 bits per heavy atom. The van der Waals surface area contributed by atoms with Crippen LogP contribution in [0.25, 0.3) is 0 Å². The van der Waals surface area contributed by atoms with Gasteiger partial charge < -0.3 is 19.3 Å². The number of benzene rings is 1. The highest BCUT2D eigenvalue weighted by Gasteiger charge is 2.34. The zero-order chi connectivity index (χ0) is 20.5. The Morgan fingerprint density at radius 3 is 2.50 bits per heavy atom. The fourth-order valence-corrected chi connectivity index (χ4v) is 3.32. The molecular formula is C21H28N2O5. The van der Waals surface area contributed by atoms with Gasteiger partial charge in [-0.3, -0.25) is 14.4 Å². The Kier molecular flexibility index (Phi) is 5.74. The average molecular weight is 388 g/mol. The summed E-state index contributed by atoms with van der Waals surface area (Å²) < 4.78 is 10.8. The Bertz CT molecular complexity index is 779. The first kappa shape index (κ1) is 20.3. The topological polar surface area (TPSA) is 76.2 Å². The average Bonchev–Trinajstić information content (AvgIpc) is 2.52. The number of carbonyl (C=O) groups is 3. The minimum absolute atomic E-state index is 0.0118. The number of hydrogen-bond donors (Lipinski definition) is 0. The molecule has 2 amide bonds. The summed E-state index contributed by atoms with van der Waals surface area (Å²) in [5.41, 5.74) is 1.53. The first-order valence-electron chi connectivity index (χ1n) is 9.70. The van der Waals surface area contributed by atoms with Gasteiger partial charge in [-0.1, -0.05) is 0 Å². The second kappa shape index (κ2) is 7.91. The van der Waals surface area contributed by atoms with E-state index in [4.69, 9.17) is 9.47 Å². The molecule has 7 nitrogen and oxygen atoms in total. The number of hydrogen-bond acceptors (Lipinski definition) is 5. The highest BCUT2D eigenvalue weighted by atomic mass is 16.6. The van der Waals surface area contributed by atoms with E-state index in [1.54, 1.807) is 36.6 Å². The molecule has 0 unspecified atom stereocenters. The van der Waals surface area contributed by atoms with Crippen LogP contribution in [0.4, 0.5) is 5.69 Å². The van der Waals surface area contributed by atoms with Crippen molar-refractivity contribution in [2.45, 2.75) is 52.2 Å². The predicted molar refractivity (Wildman–Crippen MR) is 104 cm³/mol. The van der Waals surface area contributed by atoms with Gasteiger partial charge >= 0.3 is 5.97 Å². The first-order valence-corrected chi connectivity index (χ1v) is 9.70. The molecule has 0 saturated carbocycles. The van der Waals surface area contributed by atoms with Crippen LogP contribution in [0.2, 0.25) is 0 Å². The zero-order valence-electron chi connectivity index (χ0n) is 17.0. The van der Waals surface area contributed by atoms with Crippen molar-refractivity contribution in [1.82, 2.24) is 4.90 Å². The van der Waals surface area contributed by atoms with Crippen LogP contribution in [0.1, 0.15) is 49.5 Å². The van der Waals surface area contributed by atoms with Crippen molar-refractivity contribution in [2.75, 3.05) is 31.1 Å². The van der Waals surface area contributed by atoms with Crippen LogP contribution in [0.5, 0.6) is 0 Å². The number of carbonyl (C=O) groups excluding carboxylic acids is 3. The summed E-state index contributed by atoms with van der Waals surface area (Å²) in [5, 5.41) is 0. The third-order valence-electron chi connectivity index (χ3n) is 4.71. The number of ether oxygens (including phenoxy) is 2. The molecule has 0 aromatic heterocycles. The summed E-state index contributed by atoms with van der Waals surface area (Å²) >= 11 is 0. The minimum Gasteiger partial charge on any atom is -0.460 e. The molecule has 2 aliphatic heterocycles. The van der Waals surface area contributed by atoms with Crippen LogP contribution in [0.3, 0.4) is 0 Å². The molecule has 1 aromatic rings. The van der Waals surface area contributed by atoms with Gasteiger partial charge in [-0.25, -0.2) is 0 Å². The maximum absolute atomic E-state index is 12.9. The lowest BCUT2D eigenvalue weighted by Crippen LogP contribution is -2.49. The molecule has 7 heteroatoms. The van der Waals surface area contributed by atoms with Crippen LogP contribution in [-0.2, 0) is 19.1 Å². The number of likely N-dealkylation sites (tertiary alicyclic amines) is 1. The van der Waals surface area contributed by atoms with Gasteiger partial charge in [-0.15, -0.1) is 0 Å². The van der Waals surface area contributed by atoms with Gasteiger partial charge in [-0.05, 0) is 57.9 Å². The monoisotopic (exact) mass is 388 g/mol. The molecule has 2 heterocycles. The molecule has 0 radical (unpaired) electrons. The molecule has 1 atom stereocenters. The van der Waals surface area contributed by atoms with Gasteiger partial charge in [-0.2, -0.15) is 0 Å². The normalized spacial score (nSPS) is 20.0. The van der Waals surface area contributed by atoms with E-state index in [-0.39, 0.29) is 18.2 Å². The smallest absolute Gasteiger partial charge is 0.309 e. The summed E-state index contributed by atoms with van der Waals surface area (Å²) in [6.45, 7) is 9.50. The summed E-state index contributed by atoms with van der Waals surface area (Å²) in [6.07, 6.45) is 0.0232. The maximum Gasteiger partial charge on any atom is 0.309 e. The van der Waals surface area contributed by atoms with Gasteiger partial charge in [0.05, 0.1) is 13.0 Å². The Balaban J connectivity index is 1.75. The lowest BCUT2D eigenvalue weighted by Gasteiger charge is -2.34. The first-order chi connectivity index (χ1) is 13.1. The number of esters is 1. The highest BCUT2D eigenvalue weighted by molar-refractivity contribution is 6.01. The van der Waals surface area contributed by atoms with Gasteiger partial charge in [0.1, 0.15) is 11.7 Å². The zero-order valence-corrected chi connectivity index (χ0v) is 17.0. The van der Waals surface area contributed by atoms with Crippen molar-refractivity contribution in [3.05, 3.63) is 29.3 Å². The predicted octanol–water partition coefficient (Wildman–Crippen LogP) is 2.30. The second-order valence-corrected chi connectivity index (χ2v) is 8.34. The number of amides is 2. The van der Waals surface area contributed by atoms with Gasteiger partial charge in [0, 0.05) is 30.9 Å². The number of anilines is 1. The van der Waals surface area contributed by atoms with Crippen LogP contribution >= 0.6 is 0 Å². The number of aryl methyl sites for hydroxylation is 1. The molecule has 0 spiro atoms. The second-order valence-electron chi connectivity index (χ2n) is 8.34. The molecule has 1 aromatic carbocycles. The van der Waals surface area contributed by atoms with E-state index in [1.807, 2.05) is 19.1 Å². The van der Waals surface area contributed by atoms with E-state index in [0.29, 0.717) is 24.4 Å². The Labute approximate surface area is 165 Å². The molecule has 0 N–H and O–H groups in total. The Hall–Kier alpha value is -2.41. The SMILES string of the molecule is Cc1cc(C(=O)N2CCC2)cc(N2CCO[C@H](CC(=O)OC(C)(C)C)C2=O)c1. The van der Waals surface area contributed by atoms with E-state index in [0.717, 1.165) is 25.1 Å². The molecular weight excluding hydrogens is 360 g/mol. The fourth-order valence-electron chi connectivity index (χ4n) is 3.32. The number of rotatable bonds is 4. The van der Waals surface area contributed by atoms with E-state index in [1.165, 1.54) is 0 Å². The lowest BCUT2D eigenvalue weighted by molar-refractivity contribution is -0.161. The van der Waals surface area contributed by atoms with E-state index < -0.39 is 17.7 Å². The van der Waals surface area contributed by atoms with Crippen molar-refractivity contribution in [3.63, 3.8) is 0 Å². The van der Waals surface area contributed by atoms with Gasteiger partial charge in [0.15, 0.2) is 0 Å².